The molecule has 47 heavy (non-hydrogen) atoms. The van der Waals surface area contributed by atoms with Gasteiger partial charge in [-0.3, -0.25) is 9.59 Å². The van der Waals surface area contributed by atoms with E-state index < -0.39 is 23.3 Å². The van der Waals surface area contributed by atoms with Gasteiger partial charge in [-0.1, -0.05) is 121 Å². The van der Waals surface area contributed by atoms with Crippen LogP contribution in [-0.4, -0.2) is 36.1 Å². The Hall–Kier alpha value is -4.88. The lowest BCUT2D eigenvalue weighted by molar-refractivity contribution is -0.122. The van der Waals surface area contributed by atoms with Crippen molar-refractivity contribution in [1.82, 2.24) is 10.6 Å². The van der Waals surface area contributed by atoms with Crippen LogP contribution in [0.2, 0.25) is 5.02 Å². The summed E-state index contributed by atoms with van der Waals surface area (Å²) >= 11 is 6.44. The third-order valence-electron chi connectivity index (χ3n) is 8.01. The number of rotatable bonds is 10. The van der Waals surface area contributed by atoms with Crippen molar-refractivity contribution >= 4 is 35.2 Å². The van der Waals surface area contributed by atoms with Gasteiger partial charge in [0.05, 0.1) is 16.8 Å². The lowest BCUT2D eigenvalue weighted by Gasteiger charge is -2.37. The number of fused-ring (bicyclic) bond motifs is 1. The van der Waals surface area contributed by atoms with Crippen LogP contribution < -0.4 is 15.5 Å². The molecule has 0 saturated carbocycles. The molecule has 4 aromatic carbocycles. The highest BCUT2D eigenvalue weighted by atomic mass is 35.5. The molecule has 0 radical (unpaired) electrons. The first-order chi connectivity index (χ1) is 22.6. The van der Waals surface area contributed by atoms with Crippen molar-refractivity contribution < 1.29 is 19.1 Å². The standard InChI is InChI=1S/C39H40ClN3O4/c1-38(2,3)47-37(46)41-32(23-25-35(45)43-27-26-28-14-13-21-33(40)36(28)43)22-24-34(44)42-39(29-15-7-4-8-16-29,30-17-9-5-10-18-30)31-19-11-6-12-20-31/h4-21,23,25,32H,22,24,26-27H2,1-3H3,(H,41,46)(H,42,44)/b25-23+/t32-/m0/s1. The minimum Gasteiger partial charge on any atom is -0.444 e. The van der Waals surface area contributed by atoms with Gasteiger partial charge >= 0.3 is 6.09 Å². The molecular weight excluding hydrogens is 610 g/mol. The Morgan fingerprint density at radius 2 is 1.38 bits per heavy atom. The molecule has 0 unspecified atom stereocenters. The fraction of sp³-hybridized carbons (Fsp3) is 0.256. The van der Waals surface area contributed by atoms with E-state index >= 15 is 0 Å². The van der Waals surface area contributed by atoms with Gasteiger partial charge in [-0.15, -0.1) is 0 Å². The number of halogens is 1. The molecule has 0 saturated heterocycles. The molecule has 0 aromatic heterocycles. The van der Waals surface area contributed by atoms with Crippen LogP contribution in [0.25, 0.3) is 0 Å². The summed E-state index contributed by atoms with van der Waals surface area (Å²) in [6.45, 7) is 5.84. The van der Waals surface area contributed by atoms with Crippen molar-refractivity contribution in [3.8, 4) is 0 Å². The van der Waals surface area contributed by atoms with Crippen molar-refractivity contribution in [2.75, 3.05) is 11.4 Å². The number of anilines is 1. The van der Waals surface area contributed by atoms with Gasteiger partial charge in [-0.2, -0.15) is 0 Å². The topological polar surface area (TPSA) is 87.7 Å². The highest BCUT2D eigenvalue weighted by Gasteiger charge is 2.38. The highest BCUT2D eigenvalue weighted by Crippen LogP contribution is 2.37. The molecule has 1 atom stereocenters. The van der Waals surface area contributed by atoms with Gasteiger partial charge in [0.2, 0.25) is 5.91 Å². The number of ether oxygens (including phenoxy) is 1. The summed E-state index contributed by atoms with van der Waals surface area (Å²) in [5.41, 5.74) is 2.75. The largest absolute Gasteiger partial charge is 0.444 e. The molecule has 0 aliphatic carbocycles. The summed E-state index contributed by atoms with van der Waals surface area (Å²) in [4.78, 5) is 41.7. The molecule has 3 amide bonds. The van der Waals surface area contributed by atoms with Gasteiger partial charge in [0.15, 0.2) is 0 Å². The minimum atomic E-state index is -0.969. The normalized spacial score (nSPS) is 13.6. The zero-order valence-corrected chi connectivity index (χ0v) is 27.7. The number of nitrogens with zero attached hydrogens (tertiary/aromatic N) is 1. The highest BCUT2D eigenvalue weighted by molar-refractivity contribution is 6.34. The SMILES string of the molecule is CC(C)(C)OC(=O)N[C@H](/C=C/C(=O)N1CCc2cccc(Cl)c21)CCC(=O)NC(c1ccccc1)(c1ccccc1)c1ccccc1. The molecule has 1 aliphatic rings. The molecule has 4 aromatic rings. The summed E-state index contributed by atoms with van der Waals surface area (Å²) in [5, 5.41) is 6.71. The molecular formula is C39H40ClN3O4. The van der Waals surface area contributed by atoms with Crippen LogP contribution in [-0.2, 0) is 26.3 Å². The third-order valence-corrected chi connectivity index (χ3v) is 8.32. The Morgan fingerprint density at radius 3 is 1.91 bits per heavy atom. The second-order valence-corrected chi connectivity index (χ2v) is 12.9. The van der Waals surface area contributed by atoms with Gasteiger partial charge in [-0.05, 0) is 61.9 Å². The average molecular weight is 650 g/mol. The number of benzene rings is 4. The van der Waals surface area contributed by atoms with Crippen LogP contribution in [0.4, 0.5) is 10.5 Å². The first-order valence-corrected chi connectivity index (χ1v) is 16.2. The Kier molecular flexibility index (Phi) is 10.5. The predicted molar refractivity (Wildman–Crippen MR) is 186 cm³/mol. The number of hydrogen-bond acceptors (Lipinski definition) is 4. The van der Waals surface area contributed by atoms with Gasteiger partial charge < -0.3 is 20.3 Å². The summed E-state index contributed by atoms with van der Waals surface area (Å²) in [5.74, 6) is -0.480. The summed E-state index contributed by atoms with van der Waals surface area (Å²) in [6.07, 6.45) is 3.41. The number of carbonyl (C=O) groups excluding carboxylic acids is 3. The van der Waals surface area contributed by atoms with Crippen LogP contribution >= 0.6 is 11.6 Å². The summed E-state index contributed by atoms with van der Waals surface area (Å²) in [7, 11) is 0. The van der Waals surface area contributed by atoms with E-state index in [1.54, 1.807) is 37.8 Å². The van der Waals surface area contributed by atoms with E-state index in [0.717, 1.165) is 22.3 Å². The Bertz CT molecular complexity index is 1620. The molecule has 0 spiro atoms. The van der Waals surface area contributed by atoms with Gasteiger partial charge in [-0.25, -0.2) is 4.79 Å². The van der Waals surface area contributed by atoms with Gasteiger partial charge in [0.25, 0.3) is 5.91 Å². The number of alkyl carbamates (subject to hydrolysis) is 1. The summed E-state index contributed by atoms with van der Waals surface area (Å²) in [6, 6.07) is 34.5. The van der Waals surface area contributed by atoms with E-state index in [1.165, 1.54) is 6.08 Å². The fourth-order valence-corrected chi connectivity index (χ4v) is 6.23. The third kappa shape index (κ3) is 8.10. The second kappa shape index (κ2) is 14.7. The number of carbonyl (C=O) groups is 3. The van der Waals surface area contributed by atoms with Crippen LogP contribution in [0.1, 0.15) is 55.9 Å². The Balaban J connectivity index is 1.40. The monoisotopic (exact) mass is 649 g/mol. The van der Waals surface area contributed by atoms with E-state index in [9.17, 15) is 14.4 Å². The molecule has 5 rings (SSSR count). The first-order valence-electron chi connectivity index (χ1n) is 15.8. The van der Waals surface area contributed by atoms with E-state index in [-0.39, 0.29) is 24.7 Å². The zero-order valence-electron chi connectivity index (χ0n) is 26.9. The zero-order chi connectivity index (χ0) is 33.4. The average Bonchev–Trinajstić information content (AvgIpc) is 3.51. The molecule has 1 heterocycles. The van der Waals surface area contributed by atoms with Crippen LogP contribution in [0.15, 0.2) is 121 Å². The van der Waals surface area contributed by atoms with E-state index in [4.69, 9.17) is 16.3 Å². The molecule has 1 aliphatic heterocycles. The molecule has 8 heteroatoms. The van der Waals surface area contributed by atoms with Crippen molar-refractivity contribution in [3.63, 3.8) is 0 Å². The van der Waals surface area contributed by atoms with Crippen molar-refractivity contribution in [2.24, 2.45) is 0 Å². The van der Waals surface area contributed by atoms with Crippen molar-refractivity contribution in [2.45, 2.75) is 57.2 Å². The van der Waals surface area contributed by atoms with Crippen molar-refractivity contribution in [1.29, 1.82) is 0 Å². The van der Waals surface area contributed by atoms with E-state index in [1.807, 2.05) is 103 Å². The van der Waals surface area contributed by atoms with Crippen molar-refractivity contribution in [3.05, 3.63) is 149 Å². The van der Waals surface area contributed by atoms with Crippen LogP contribution in [0.5, 0.6) is 0 Å². The molecule has 7 nitrogen and oxygen atoms in total. The second-order valence-electron chi connectivity index (χ2n) is 12.5. The minimum absolute atomic E-state index is 0.0611. The maximum absolute atomic E-state index is 14.0. The first kappa shape index (κ1) is 33.5. The fourth-order valence-electron chi connectivity index (χ4n) is 5.93. The Labute approximate surface area is 281 Å². The quantitative estimate of drug-likeness (QED) is 0.137. The van der Waals surface area contributed by atoms with Crippen LogP contribution in [0.3, 0.4) is 0 Å². The lowest BCUT2D eigenvalue weighted by Crippen LogP contribution is -2.48. The molecule has 0 fully saturated rings. The number of hydrogen-bond donors (Lipinski definition) is 2. The molecule has 242 valence electrons. The molecule has 0 bridgehead atoms. The summed E-state index contributed by atoms with van der Waals surface area (Å²) < 4.78 is 5.50. The number of amides is 3. The number of para-hydroxylation sites is 1. The maximum Gasteiger partial charge on any atom is 0.408 e. The smallest absolute Gasteiger partial charge is 0.408 e. The Morgan fingerprint density at radius 1 is 0.830 bits per heavy atom. The van der Waals surface area contributed by atoms with E-state index in [0.29, 0.717) is 23.7 Å². The van der Waals surface area contributed by atoms with Gasteiger partial charge in [0.1, 0.15) is 11.1 Å². The van der Waals surface area contributed by atoms with Gasteiger partial charge in [0, 0.05) is 19.0 Å². The molecule has 2 N–H and O–H groups in total. The van der Waals surface area contributed by atoms with Crippen LogP contribution in [0, 0.1) is 0 Å². The predicted octanol–water partition coefficient (Wildman–Crippen LogP) is 7.57. The lowest BCUT2D eigenvalue weighted by atomic mass is 9.77. The number of nitrogens with one attached hydrogen (secondary N) is 2. The maximum atomic E-state index is 14.0. The van der Waals surface area contributed by atoms with E-state index in [2.05, 4.69) is 10.6 Å².